The number of unbranched alkanes of at least 4 members (excludes halogenated alkanes) is 1. The summed E-state index contributed by atoms with van der Waals surface area (Å²) in [5, 5.41) is 11.2. The van der Waals surface area contributed by atoms with Crippen LogP contribution in [0.2, 0.25) is 0 Å². The van der Waals surface area contributed by atoms with Crippen LogP contribution in [0.3, 0.4) is 0 Å². The first-order valence-corrected chi connectivity index (χ1v) is 11.7. The molecule has 2 aromatic carbocycles. The third-order valence-corrected chi connectivity index (χ3v) is 6.25. The van der Waals surface area contributed by atoms with Crippen LogP contribution in [0.1, 0.15) is 32.1 Å². The van der Waals surface area contributed by atoms with Gasteiger partial charge in [-0.3, -0.25) is 9.59 Å². The number of rotatable bonds is 9. The highest BCUT2D eigenvalue weighted by atomic mass is 16.5. The minimum Gasteiger partial charge on any atom is -0.384 e. The predicted octanol–water partition coefficient (Wildman–Crippen LogP) is 4.06. The van der Waals surface area contributed by atoms with E-state index in [0.717, 1.165) is 55.7 Å². The number of nitrogens with zero attached hydrogens (tertiary/aromatic N) is 2. The number of likely N-dealkylation sites (tertiary alicyclic amines) is 1. The monoisotopic (exact) mass is 448 g/mol. The highest BCUT2D eigenvalue weighted by molar-refractivity contribution is 5.95. The summed E-state index contributed by atoms with van der Waals surface area (Å²) in [4.78, 5) is 27.1. The standard InChI is InChI=1S/C26H32N4O3/c1-33-18-19-8-7-15-30(17-19)14-5-4-13-24(31)27-21-10-6-9-20(16-21)25-22-11-2-3-12-23(22)26(32)29-28-25/h2-3,6,9-12,16,19H,4-5,7-8,13-15,17-18H2,1H3,(H,27,31)(H,29,32). The minimum absolute atomic E-state index is 0.0161. The van der Waals surface area contributed by atoms with Crippen LogP contribution in [0, 0.1) is 5.92 Å². The molecule has 4 rings (SSSR count). The summed E-state index contributed by atoms with van der Waals surface area (Å²) in [6.45, 7) is 4.11. The maximum Gasteiger partial charge on any atom is 0.272 e. The van der Waals surface area contributed by atoms with Crippen LogP contribution >= 0.6 is 0 Å². The molecule has 7 nitrogen and oxygen atoms in total. The van der Waals surface area contributed by atoms with Crippen LogP contribution in [-0.4, -0.2) is 54.4 Å². The molecule has 0 saturated carbocycles. The average Bonchev–Trinajstić information content (AvgIpc) is 2.83. The SMILES string of the molecule is COCC1CCCN(CCCCC(=O)Nc2cccc(-c3n[nH]c(=O)c4ccccc34)c2)C1. The number of anilines is 1. The maximum absolute atomic E-state index is 12.5. The van der Waals surface area contributed by atoms with Crippen molar-refractivity contribution in [2.45, 2.75) is 32.1 Å². The fraction of sp³-hybridized carbons (Fsp3) is 0.423. The van der Waals surface area contributed by atoms with E-state index < -0.39 is 0 Å². The number of benzene rings is 2. The molecule has 1 unspecified atom stereocenters. The number of fused-ring (bicyclic) bond motifs is 1. The molecule has 33 heavy (non-hydrogen) atoms. The molecule has 0 radical (unpaired) electrons. The lowest BCUT2D eigenvalue weighted by Crippen LogP contribution is -2.37. The molecule has 3 aromatic rings. The molecule has 0 spiro atoms. The van der Waals surface area contributed by atoms with Crippen molar-refractivity contribution < 1.29 is 9.53 Å². The number of aromatic nitrogens is 2. The van der Waals surface area contributed by atoms with Gasteiger partial charge >= 0.3 is 0 Å². The molecule has 7 heteroatoms. The molecule has 1 amide bonds. The Balaban J connectivity index is 1.31. The first-order valence-electron chi connectivity index (χ1n) is 11.7. The molecule has 0 aliphatic carbocycles. The highest BCUT2D eigenvalue weighted by Gasteiger charge is 2.19. The number of carbonyl (C=O) groups excluding carboxylic acids is 1. The van der Waals surface area contributed by atoms with E-state index in [0.29, 0.717) is 23.4 Å². The molecular weight excluding hydrogens is 416 g/mol. The molecule has 0 bridgehead atoms. The van der Waals surface area contributed by atoms with Crippen molar-refractivity contribution in [3.63, 3.8) is 0 Å². The van der Waals surface area contributed by atoms with Crippen LogP contribution in [-0.2, 0) is 9.53 Å². The predicted molar refractivity (Wildman–Crippen MR) is 131 cm³/mol. The summed E-state index contributed by atoms with van der Waals surface area (Å²) in [5.41, 5.74) is 2.05. The van der Waals surface area contributed by atoms with Gasteiger partial charge in [-0.25, -0.2) is 5.10 Å². The summed E-state index contributed by atoms with van der Waals surface area (Å²) in [5.74, 6) is 0.649. The molecule has 2 N–H and O–H groups in total. The van der Waals surface area contributed by atoms with Crippen molar-refractivity contribution >= 4 is 22.4 Å². The zero-order valence-electron chi connectivity index (χ0n) is 19.2. The van der Waals surface area contributed by atoms with E-state index in [4.69, 9.17) is 4.74 Å². The Morgan fingerprint density at radius 3 is 2.88 bits per heavy atom. The van der Waals surface area contributed by atoms with Gasteiger partial charge in [-0.15, -0.1) is 0 Å². The summed E-state index contributed by atoms with van der Waals surface area (Å²) < 4.78 is 5.31. The summed E-state index contributed by atoms with van der Waals surface area (Å²) in [6, 6.07) is 15.0. The molecule has 1 aliphatic rings. The molecule has 1 aliphatic heterocycles. The molecule has 1 aromatic heterocycles. The number of hydrogen-bond acceptors (Lipinski definition) is 5. The molecule has 1 saturated heterocycles. The first-order chi connectivity index (χ1) is 16.1. The van der Waals surface area contributed by atoms with Crippen LogP contribution in [0.25, 0.3) is 22.0 Å². The van der Waals surface area contributed by atoms with Crippen LogP contribution in [0.15, 0.2) is 53.3 Å². The van der Waals surface area contributed by atoms with Crippen LogP contribution < -0.4 is 10.9 Å². The van der Waals surface area contributed by atoms with Crippen LogP contribution in [0.5, 0.6) is 0 Å². The minimum atomic E-state index is -0.211. The van der Waals surface area contributed by atoms with Gasteiger partial charge in [0, 0.05) is 36.7 Å². The van der Waals surface area contributed by atoms with Crippen molar-refractivity contribution in [1.29, 1.82) is 0 Å². The van der Waals surface area contributed by atoms with Gasteiger partial charge in [0.1, 0.15) is 0 Å². The lowest BCUT2D eigenvalue weighted by atomic mass is 9.99. The van der Waals surface area contributed by atoms with E-state index in [2.05, 4.69) is 20.4 Å². The number of hydrogen-bond donors (Lipinski definition) is 2. The molecule has 2 heterocycles. The quantitative estimate of drug-likeness (QED) is 0.482. The summed E-state index contributed by atoms with van der Waals surface area (Å²) in [6.07, 6.45) is 4.85. The molecular formula is C26H32N4O3. The van der Waals surface area contributed by atoms with E-state index in [1.54, 1.807) is 13.2 Å². The smallest absolute Gasteiger partial charge is 0.272 e. The zero-order valence-corrected chi connectivity index (χ0v) is 19.2. The molecule has 1 atom stereocenters. The second-order valence-electron chi connectivity index (χ2n) is 8.80. The number of amides is 1. The Labute approximate surface area is 194 Å². The van der Waals surface area contributed by atoms with Crippen LogP contribution in [0.4, 0.5) is 5.69 Å². The van der Waals surface area contributed by atoms with Gasteiger partial charge in [-0.05, 0) is 62.9 Å². The molecule has 1 fully saturated rings. The average molecular weight is 449 g/mol. The van der Waals surface area contributed by atoms with Crippen molar-refractivity contribution in [3.8, 4) is 11.3 Å². The lowest BCUT2D eigenvalue weighted by molar-refractivity contribution is -0.116. The number of piperidine rings is 1. The van der Waals surface area contributed by atoms with Gasteiger partial charge in [0.25, 0.3) is 5.56 Å². The fourth-order valence-electron chi connectivity index (χ4n) is 4.65. The van der Waals surface area contributed by atoms with Gasteiger partial charge < -0.3 is 15.0 Å². The van der Waals surface area contributed by atoms with Gasteiger partial charge in [-0.1, -0.05) is 30.3 Å². The first kappa shape index (κ1) is 23.1. The third kappa shape index (κ3) is 6.06. The third-order valence-electron chi connectivity index (χ3n) is 6.25. The van der Waals surface area contributed by atoms with Gasteiger partial charge in [0.15, 0.2) is 0 Å². The van der Waals surface area contributed by atoms with Crippen molar-refractivity contribution in [1.82, 2.24) is 15.1 Å². The maximum atomic E-state index is 12.5. The zero-order chi connectivity index (χ0) is 23.0. The molecule has 174 valence electrons. The van der Waals surface area contributed by atoms with Crippen molar-refractivity contribution in [2.24, 2.45) is 5.92 Å². The second-order valence-corrected chi connectivity index (χ2v) is 8.80. The number of ether oxygens (including phenoxy) is 1. The number of nitrogens with one attached hydrogen (secondary N) is 2. The second kappa shape index (κ2) is 11.2. The van der Waals surface area contributed by atoms with E-state index in [1.807, 2.05) is 42.5 Å². The van der Waals surface area contributed by atoms with Crippen molar-refractivity contribution in [2.75, 3.05) is 38.7 Å². The Kier molecular flexibility index (Phi) is 7.86. The Bertz CT molecular complexity index is 1140. The van der Waals surface area contributed by atoms with Gasteiger partial charge in [0.05, 0.1) is 17.7 Å². The number of H-pyrrole nitrogens is 1. The van der Waals surface area contributed by atoms with E-state index in [-0.39, 0.29) is 11.5 Å². The largest absolute Gasteiger partial charge is 0.384 e. The number of methoxy groups -OCH3 is 1. The van der Waals surface area contributed by atoms with E-state index in [9.17, 15) is 9.59 Å². The normalized spacial score (nSPS) is 16.7. The van der Waals surface area contributed by atoms with E-state index >= 15 is 0 Å². The lowest BCUT2D eigenvalue weighted by Gasteiger charge is -2.32. The van der Waals surface area contributed by atoms with Gasteiger partial charge in [0.2, 0.25) is 5.91 Å². The van der Waals surface area contributed by atoms with E-state index in [1.165, 1.54) is 12.8 Å². The highest BCUT2D eigenvalue weighted by Crippen LogP contribution is 2.26. The number of aromatic amines is 1. The Morgan fingerprint density at radius 2 is 2.03 bits per heavy atom. The Hall–Kier alpha value is -3.03. The number of carbonyl (C=O) groups is 1. The fourth-order valence-corrected chi connectivity index (χ4v) is 4.65. The topological polar surface area (TPSA) is 87.3 Å². The van der Waals surface area contributed by atoms with Crippen molar-refractivity contribution in [3.05, 3.63) is 58.9 Å². The summed E-state index contributed by atoms with van der Waals surface area (Å²) in [7, 11) is 1.77. The Morgan fingerprint density at radius 1 is 1.18 bits per heavy atom. The van der Waals surface area contributed by atoms with Gasteiger partial charge in [-0.2, -0.15) is 5.10 Å². The summed E-state index contributed by atoms with van der Waals surface area (Å²) >= 11 is 0.